The second-order valence-electron chi connectivity index (χ2n) is 7.60. The summed E-state index contributed by atoms with van der Waals surface area (Å²) in [6.07, 6.45) is -4.70. The van der Waals surface area contributed by atoms with Crippen molar-refractivity contribution in [2.24, 2.45) is 0 Å². The molecule has 1 aromatic carbocycles. The lowest BCUT2D eigenvalue weighted by Gasteiger charge is -2.32. The van der Waals surface area contributed by atoms with E-state index in [9.17, 15) is 22.4 Å². The first kappa shape index (κ1) is 23.1. The molecule has 12 heteroatoms. The Morgan fingerprint density at radius 1 is 1.27 bits per heavy atom. The van der Waals surface area contributed by atoms with E-state index in [0.29, 0.717) is 11.1 Å². The fraction of sp³-hybridized carbons (Fsp3) is 0.333. The second-order valence-corrected chi connectivity index (χ2v) is 8.01. The molecule has 174 valence electrons. The Balaban J connectivity index is 1.27. The second kappa shape index (κ2) is 9.06. The maximum Gasteiger partial charge on any atom is 0.522 e. The van der Waals surface area contributed by atoms with Gasteiger partial charge in [-0.25, -0.2) is 9.37 Å². The number of pyridine rings is 1. The molecular formula is C21H17ClF4N4O3. The van der Waals surface area contributed by atoms with Crippen LogP contribution < -0.4 is 5.32 Å². The first-order valence-electron chi connectivity index (χ1n) is 9.89. The van der Waals surface area contributed by atoms with Crippen molar-refractivity contribution < 1.29 is 31.5 Å². The van der Waals surface area contributed by atoms with Gasteiger partial charge in [0.15, 0.2) is 0 Å². The van der Waals surface area contributed by atoms with Crippen LogP contribution >= 0.6 is 11.6 Å². The van der Waals surface area contributed by atoms with Gasteiger partial charge in [-0.2, -0.15) is 0 Å². The molecule has 3 aromatic rings. The van der Waals surface area contributed by atoms with E-state index >= 15 is 0 Å². The van der Waals surface area contributed by atoms with Crippen molar-refractivity contribution >= 4 is 28.4 Å². The number of amides is 1. The number of halogens is 5. The van der Waals surface area contributed by atoms with Crippen LogP contribution in [-0.2, 0) is 11.2 Å². The van der Waals surface area contributed by atoms with Crippen molar-refractivity contribution in [3.05, 3.63) is 64.9 Å². The van der Waals surface area contributed by atoms with Gasteiger partial charge in [-0.1, -0.05) is 24.2 Å². The van der Waals surface area contributed by atoms with E-state index in [1.807, 2.05) is 0 Å². The van der Waals surface area contributed by atoms with Crippen LogP contribution in [0.15, 0.2) is 41.0 Å². The van der Waals surface area contributed by atoms with E-state index in [1.54, 1.807) is 6.07 Å². The molecular weight excluding hydrogens is 468 g/mol. The van der Waals surface area contributed by atoms with Crippen molar-refractivity contribution in [2.45, 2.75) is 44.1 Å². The summed E-state index contributed by atoms with van der Waals surface area (Å²) in [6.45, 7) is 3.79. The monoisotopic (exact) mass is 484 g/mol. The first-order chi connectivity index (χ1) is 15.6. The SMILES string of the molecule is C=C(CCc1nnc([C@H]2C[C@@H](OC(F)(F)F)C2)o1)NC(=O)c1ccc2cc(Cl)c(F)cc2n1. The molecule has 7 nitrogen and oxygen atoms in total. The van der Waals surface area contributed by atoms with Crippen LogP contribution in [0.4, 0.5) is 17.6 Å². The number of nitrogens with zero attached hydrogens (tertiary/aromatic N) is 3. The molecule has 1 fully saturated rings. The highest BCUT2D eigenvalue weighted by atomic mass is 35.5. The molecule has 1 amide bonds. The molecule has 1 N–H and O–H groups in total. The number of aromatic nitrogens is 3. The Morgan fingerprint density at radius 2 is 2.03 bits per heavy atom. The highest BCUT2D eigenvalue weighted by Gasteiger charge is 2.42. The Labute approximate surface area is 189 Å². The van der Waals surface area contributed by atoms with Crippen LogP contribution in [0.25, 0.3) is 10.9 Å². The third-order valence-corrected chi connectivity index (χ3v) is 5.41. The smallest absolute Gasteiger partial charge is 0.425 e. The van der Waals surface area contributed by atoms with Crippen molar-refractivity contribution in [3.63, 3.8) is 0 Å². The molecule has 33 heavy (non-hydrogen) atoms. The molecule has 1 aliphatic carbocycles. The molecule has 0 aliphatic heterocycles. The van der Waals surface area contributed by atoms with Gasteiger partial charge in [0, 0.05) is 29.5 Å². The van der Waals surface area contributed by atoms with Crippen molar-refractivity contribution in [3.8, 4) is 0 Å². The van der Waals surface area contributed by atoms with Gasteiger partial charge < -0.3 is 9.73 Å². The van der Waals surface area contributed by atoms with Gasteiger partial charge in [0.2, 0.25) is 11.8 Å². The number of ether oxygens (including phenoxy) is 1. The maximum atomic E-state index is 13.7. The molecule has 0 spiro atoms. The zero-order valence-electron chi connectivity index (χ0n) is 17.0. The van der Waals surface area contributed by atoms with Gasteiger partial charge in [-0.15, -0.1) is 23.4 Å². The Bertz CT molecular complexity index is 1210. The fourth-order valence-corrected chi connectivity index (χ4v) is 3.55. The average molecular weight is 485 g/mol. The van der Waals surface area contributed by atoms with Crippen LogP contribution in [0.2, 0.25) is 5.02 Å². The van der Waals surface area contributed by atoms with Crippen LogP contribution in [0.1, 0.15) is 47.5 Å². The van der Waals surface area contributed by atoms with E-state index < -0.39 is 24.2 Å². The quantitative estimate of drug-likeness (QED) is 0.471. The number of rotatable bonds is 7. The third-order valence-electron chi connectivity index (χ3n) is 5.12. The minimum Gasteiger partial charge on any atom is -0.425 e. The molecule has 0 saturated heterocycles. The Morgan fingerprint density at radius 3 is 2.76 bits per heavy atom. The Hall–Kier alpha value is -3.05. The summed E-state index contributed by atoms with van der Waals surface area (Å²) in [5.41, 5.74) is 0.727. The number of allylic oxidation sites excluding steroid dienone is 1. The highest BCUT2D eigenvalue weighted by Crippen LogP contribution is 2.40. The largest absolute Gasteiger partial charge is 0.522 e. The molecule has 2 heterocycles. The molecule has 0 radical (unpaired) electrons. The van der Waals surface area contributed by atoms with Gasteiger partial charge >= 0.3 is 6.36 Å². The summed E-state index contributed by atoms with van der Waals surface area (Å²) in [5.74, 6) is -0.900. The molecule has 2 aromatic heterocycles. The lowest BCUT2D eigenvalue weighted by atomic mass is 9.82. The number of nitrogens with one attached hydrogen (secondary N) is 1. The lowest BCUT2D eigenvalue weighted by Crippen LogP contribution is -2.34. The average Bonchev–Trinajstić information content (AvgIpc) is 3.17. The first-order valence-corrected chi connectivity index (χ1v) is 10.3. The summed E-state index contributed by atoms with van der Waals surface area (Å²) in [7, 11) is 0. The number of carbonyl (C=O) groups is 1. The van der Waals surface area contributed by atoms with Crippen molar-refractivity contribution in [1.29, 1.82) is 0 Å². The zero-order valence-corrected chi connectivity index (χ0v) is 17.7. The predicted molar refractivity (Wildman–Crippen MR) is 109 cm³/mol. The summed E-state index contributed by atoms with van der Waals surface area (Å²) >= 11 is 5.75. The van der Waals surface area contributed by atoms with Gasteiger partial charge in [0.1, 0.15) is 11.5 Å². The summed E-state index contributed by atoms with van der Waals surface area (Å²) in [6, 6.07) is 5.66. The van der Waals surface area contributed by atoms with Crippen molar-refractivity contribution in [1.82, 2.24) is 20.5 Å². The molecule has 4 rings (SSSR count). The molecule has 1 saturated carbocycles. The number of hydrogen-bond acceptors (Lipinski definition) is 6. The van der Waals surface area contributed by atoms with E-state index in [1.165, 1.54) is 12.1 Å². The summed E-state index contributed by atoms with van der Waals surface area (Å²) in [4.78, 5) is 16.6. The van der Waals surface area contributed by atoms with Crippen LogP contribution in [0.5, 0.6) is 0 Å². The van der Waals surface area contributed by atoms with Gasteiger partial charge in [-0.3, -0.25) is 9.53 Å². The summed E-state index contributed by atoms with van der Waals surface area (Å²) in [5, 5.41) is 10.9. The number of hydrogen-bond donors (Lipinski definition) is 1. The molecule has 0 bridgehead atoms. The lowest BCUT2D eigenvalue weighted by molar-refractivity contribution is -0.352. The van der Waals surface area contributed by atoms with E-state index in [2.05, 4.69) is 31.8 Å². The van der Waals surface area contributed by atoms with E-state index in [0.717, 1.165) is 6.07 Å². The van der Waals surface area contributed by atoms with Crippen LogP contribution in [-0.4, -0.2) is 33.6 Å². The zero-order chi connectivity index (χ0) is 23.8. The van der Waals surface area contributed by atoms with Crippen molar-refractivity contribution in [2.75, 3.05) is 0 Å². The number of carbonyl (C=O) groups excluding carboxylic acids is 1. The van der Waals surface area contributed by atoms with E-state index in [4.69, 9.17) is 16.0 Å². The highest BCUT2D eigenvalue weighted by molar-refractivity contribution is 6.31. The van der Waals surface area contributed by atoms with Gasteiger partial charge in [0.25, 0.3) is 5.91 Å². The molecule has 0 atom stereocenters. The standard InChI is InChI=1S/C21H17ClF4N4O3/c1-10(27-19(31)16-4-3-11-8-14(22)15(23)9-17(11)28-16)2-5-18-29-30-20(32-18)12-6-13(7-12)33-21(24,25)26/h3-4,8-9,12-13H,1-2,5-7H2,(H,27,31)/t12-,13+. The topological polar surface area (TPSA) is 90.1 Å². The maximum absolute atomic E-state index is 13.7. The number of aryl methyl sites for hydroxylation is 1. The normalized spacial score (nSPS) is 18.2. The van der Waals surface area contributed by atoms with E-state index in [-0.39, 0.29) is 59.6 Å². The minimum absolute atomic E-state index is 0.0363. The molecule has 0 unspecified atom stereocenters. The van der Waals surface area contributed by atoms with Gasteiger partial charge in [0.05, 0.1) is 16.6 Å². The minimum atomic E-state index is -4.66. The van der Waals surface area contributed by atoms with Gasteiger partial charge in [-0.05, 0) is 31.4 Å². The number of fused-ring (bicyclic) bond motifs is 1. The van der Waals surface area contributed by atoms with Crippen LogP contribution in [0, 0.1) is 5.82 Å². The van der Waals surface area contributed by atoms with Crippen LogP contribution in [0.3, 0.4) is 0 Å². The number of benzene rings is 1. The Kier molecular flexibility index (Phi) is 6.35. The fourth-order valence-electron chi connectivity index (χ4n) is 3.37. The predicted octanol–water partition coefficient (Wildman–Crippen LogP) is 5.07. The number of alkyl halides is 3. The molecule has 1 aliphatic rings. The summed E-state index contributed by atoms with van der Waals surface area (Å²) < 4.78 is 59.7. The third kappa shape index (κ3) is 5.66.